The minimum absolute atomic E-state index is 0.333. The van der Waals surface area contributed by atoms with Gasteiger partial charge in [-0.25, -0.2) is 4.79 Å². The second kappa shape index (κ2) is 8.67. The van der Waals surface area contributed by atoms with Crippen molar-refractivity contribution in [2.75, 3.05) is 24.4 Å². The van der Waals surface area contributed by atoms with Gasteiger partial charge in [-0.05, 0) is 18.4 Å². The van der Waals surface area contributed by atoms with Gasteiger partial charge in [-0.3, -0.25) is 4.79 Å². The predicted octanol–water partition coefficient (Wildman–Crippen LogP) is 0.131. The lowest BCUT2D eigenvalue weighted by atomic mass is 10.2. The summed E-state index contributed by atoms with van der Waals surface area (Å²) in [4.78, 5) is 22.1. The van der Waals surface area contributed by atoms with Gasteiger partial charge in [-0.1, -0.05) is 0 Å². The lowest BCUT2D eigenvalue weighted by Gasteiger charge is -2.15. The van der Waals surface area contributed by atoms with E-state index in [9.17, 15) is 9.59 Å². The molecule has 0 spiro atoms. The van der Waals surface area contributed by atoms with Crippen molar-refractivity contribution in [1.29, 1.82) is 0 Å². The van der Waals surface area contributed by atoms with Crippen LogP contribution in [0.4, 0.5) is 4.79 Å². The molecule has 0 heterocycles. The first-order valence-corrected chi connectivity index (χ1v) is 6.43. The van der Waals surface area contributed by atoms with Gasteiger partial charge in [0, 0.05) is 12.4 Å². The summed E-state index contributed by atoms with van der Waals surface area (Å²) in [6, 6.07) is -1.03. The Balaban J connectivity index is 3.93. The Morgan fingerprint density at radius 3 is 2.67 bits per heavy atom. The van der Waals surface area contributed by atoms with E-state index in [0.717, 1.165) is 5.75 Å². The molecule has 7 heteroatoms. The zero-order valence-electron chi connectivity index (χ0n) is 8.59. The molecule has 0 saturated carbocycles. The van der Waals surface area contributed by atoms with Crippen LogP contribution in [-0.4, -0.2) is 42.4 Å². The Bertz CT molecular complexity index is 216. The molecule has 88 valence electrons. The fraction of sp³-hybridized carbons (Fsp3) is 0.750. The molecular weight excluding hydrogens is 238 g/mol. The predicted molar refractivity (Wildman–Crippen MR) is 63.2 cm³/mol. The number of nitrogens with two attached hydrogens (primary N) is 1. The molecule has 0 saturated heterocycles. The monoisotopic (exact) mass is 253 g/mol. The van der Waals surface area contributed by atoms with Gasteiger partial charge >= 0.3 is 6.03 Å². The van der Waals surface area contributed by atoms with Crippen LogP contribution in [-0.2, 0) is 4.79 Å². The van der Waals surface area contributed by atoms with Gasteiger partial charge in [0.2, 0.25) is 5.91 Å². The quantitative estimate of drug-likeness (QED) is 0.564. The van der Waals surface area contributed by atoms with Crippen LogP contribution in [0.25, 0.3) is 0 Å². The largest absolute Gasteiger partial charge is 0.368 e. The van der Waals surface area contributed by atoms with E-state index in [1.54, 1.807) is 11.8 Å². The van der Waals surface area contributed by atoms with Crippen molar-refractivity contribution in [2.45, 2.75) is 12.5 Å². The highest BCUT2D eigenvalue weighted by molar-refractivity contribution is 7.98. The fourth-order valence-electron chi connectivity index (χ4n) is 0.891. The molecule has 0 aromatic heterocycles. The molecule has 3 amide bonds. The summed E-state index contributed by atoms with van der Waals surface area (Å²) in [6.07, 6.45) is 2.45. The van der Waals surface area contributed by atoms with Crippen molar-refractivity contribution < 1.29 is 9.59 Å². The van der Waals surface area contributed by atoms with Gasteiger partial charge in [-0.2, -0.15) is 11.8 Å². The number of alkyl halides is 1. The number of urea groups is 1. The van der Waals surface area contributed by atoms with Crippen LogP contribution in [0, 0.1) is 0 Å². The van der Waals surface area contributed by atoms with E-state index < -0.39 is 18.0 Å². The highest BCUT2D eigenvalue weighted by Gasteiger charge is 2.16. The molecule has 1 atom stereocenters. The molecule has 0 fully saturated rings. The first-order valence-electron chi connectivity index (χ1n) is 4.50. The third-order valence-corrected chi connectivity index (χ3v) is 2.47. The van der Waals surface area contributed by atoms with Gasteiger partial charge in [-0.15, -0.1) is 11.6 Å². The summed E-state index contributed by atoms with van der Waals surface area (Å²) in [7, 11) is 0. The van der Waals surface area contributed by atoms with Crippen molar-refractivity contribution in [3.63, 3.8) is 0 Å². The highest BCUT2D eigenvalue weighted by Crippen LogP contribution is 2.00. The van der Waals surface area contributed by atoms with E-state index in [4.69, 9.17) is 17.3 Å². The zero-order chi connectivity index (χ0) is 11.7. The molecule has 0 radical (unpaired) electrons. The first kappa shape index (κ1) is 14.4. The Hall–Kier alpha value is -0.620. The number of carbonyl (C=O) groups excluding carboxylic acids is 2. The standard InChI is InChI=1S/C8H16ClN3O2S/c1-15-5-2-6(7(10)13)12-8(14)11-4-3-9/h6H,2-5H2,1H3,(H2,10,13)(H2,11,12,14)/t6-/m0/s1. The molecule has 0 aromatic carbocycles. The number of rotatable bonds is 7. The molecule has 0 aliphatic carbocycles. The molecule has 0 bridgehead atoms. The van der Waals surface area contributed by atoms with Gasteiger partial charge in [0.05, 0.1) is 0 Å². The van der Waals surface area contributed by atoms with E-state index >= 15 is 0 Å². The number of amides is 3. The summed E-state index contributed by atoms with van der Waals surface area (Å²) in [5.41, 5.74) is 5.14. The molecule has 0 aromatic rings. The molecule has 4 N–H and O–H groups in total. The number of thioether (sulfide) groups is 1. The summed E-state index contributed by atoms with van der Waals surface area (Å²) < 4.78 is 0. The van der Waals surface area contributed by atoms with Crippen molar-refractivity contribution in [2.24, 2.45) is 5.73 Å². The molecule has 15 heavy (non-hydrogen) atoms. The van der Waals surface area contributed by atoms with E-state index in [0.29, 0.717) is 18.8 Å². The summed E-state index contributed by atoms with van der Waals surface area (Å²) in [5.74, 6) is 0.577. The maximum atomic E-state index is 11.2. The Kier molecular flexibility index (Phi) is 8.31. The molecule has 0 aliphatic rings. The first-order chi connectivity index (χ1) is 7.11. The second-order valence-corrected chi connectivity index (χ2v) is 4.19. The molecule has 5 nitrogen and oxygen atoms in total. The Labute approximate surface area is 98.5 Å². The SMILES string of the molecule is CSCC[C@H](NC(=O)NCCCl)C(N)=O. The lowest BCUT2D eigenvalue weighted by Crippen LogP contribution is -2.49. The number of hydrogen-bond donors (Lipinski definition) is 3. The average Bonchev–Trinajstić information content (AvgIpc) is 2.20. The molecular formula is C8H16ClN3O2S. The van der Waals surface area contributed by atoms with E-state index in [-0.39, 0.29) is 0 Å². The zero-order valence-corrected chi connectivity index (χ0v) is 10.2. The number of nitrogens with one attached hydrogen (secondary N) is 2. The normalized spacial score (nSPS) is 11.9. The number of hydrogen-bond acceptors (Lipinski definition) is 3. The maximum Gasteiger partial charge on any atom is 0.315 e. The third kappa shape index (κ3) is 7.33. The number of halogens is 1. The van der Waals surface area contributed by atoms with Crippen LogP contribution in [0.5, 0.6) is 0 Å². The Morgan fingerprint density at radius 2 is 2.20 bits per heavy atom. The fourth-order valence-corrected chi connectivity index (χ4v) is 1.46. The average molecular weight is 254 g/mol. The molecule has 0 aliphatic heterocycles. The minimum atomic E-state index is -0.618. The van der Waals surface area contributed by atoms with Crippen LogP contribution in [0.15, 0.2) is 0 Å². The van der Waals surface area contributed by atoms with Crippen molar-refractivity contribution in [3.05, 3.63) is 0 Å². The summed E-state index contributed by atoms with van der Waals surface area (Å²) in [5, 5.41) is 4.99. The van der Waals surface area contributed by atoms with Crippen LogP contribution < -0.4 is 16.4 Å². The second-order valence-electron chi connectivity index (χ2n) is 2.83. The maximum absolute atomic E-state index is 11.2. The highest BCUT2D eigenvalue weighted by atomic mass is 35.5. The molecule has 0 unspecified atom stereocenters. The van der Waals surface area contributed by atoms with Crippen molar-refractivity contribution in [1.82, 2.24) is 10.6 Å². The van der Waals surface area contributed by atoms with Crippen molar-refractivity contribution >= 4 is 35.3 Å². The van der Waals surface area contributed by atoms with Gasteiger partial charge in [0.25, 0.3) is 0 Å². The topological polar surface area (TPSA) is 84.2 Å². The lowest BCUT2D eigenvalue weighted by molar-refractivity contribution is -0.119. The van der Waals surface area contributed by atoms with Crippen LogP contribution in [0.1, 0.15) is 6.42 Å². The summed E-state index contributed by atoms with van der Waals surface area (Å²) >= 11 is 6.98. The van der Waals surface area contributed by atoms with Crippen molar-refractivity contribution in [3.8, 4) is 0 Å². The molecule has 0 rings (SSSR count). The van der Waals surface area contributed by atoms with E-state index in [2.05, 4.69) is 10.6 Å². The Morgan fingerprint density at radius 1 is 1.53 bits per heavy atom. The number of primary amides is 1. The minimum Gasteiger partial charge on any atom is -0.368 e. The smallest absolute Gasteiger partial charge is 0.315 e. The third-order valence-electron chi connectivity index (χ3n) is 1.64. The van der Waals surface area contributed by atoms with E-state index in [1.807, 2.05) is 6.26 Å². The van der Waals surface area contributed by atoms with Gasteiger partial charge < -0.3 is 16.4 Å². The number of carbonyl (C=O) groups is 2. The van der Waals surface area contributed by atoms with Crippen LogP contribution in [0.2, 0.25) is 0 Å². The van der Waals surface area contributed by atoms with Gasteiger partial charge in [0.15, 0.2) is 0 Å². The van der Waals surface area contributed by atoms with Gasteiger partial charge in [0.1, 0.15) is 6.04 Å². The van der Waals surface area contributed by atoms with E-state index in [1.165, 1.54) is 0 Å². The van der Waals surface area contributed by atoms with Crippen LogP contribution >= 0.6 is 23.4 Å². The summed E-state index contributed by atoms with van der Waals surface area (Å²) in [6.45, 7) is 0.362. The van der Waals surface area contributed by atoms with Crippen LogP contribution in [0.3, 0.4) is 0 Å².